The van der Waals surface area contributed by atoms with Crippen molar-refractivity contribution in [3.63, 3.8) is 0 Å². The van der Waals surface area contributed by atoms with Gasteiger partial charge in [-0.2, -0.15) is 0 Å². The van der Waals surface area contributed by atoms with Crippen molar-refractivity contribution in [1.29, 1.82) is 0 Å². The fourth-order valence-electron chi connectivity index (χ4n) is 17.8. The highest BCUT2D eigenvalue weighted by atomic mass is 16.3. The molecular weight excluding hydrogens is 1300 g/mol. The van der Waals surface area contributed by atoms with E-state index in [1.54, 1.807) is 0 Å². The summed E-state index contributed by atoms with van der Waals surface area (Å²) in [6.07, 6.45) is 0. The number of fused-ring (bicyclic) bond motifs is 16. The maximum atomic E-state index is 7.10. The third-order valence-corrected chi connectivity index (χ3v) is 23.3. The molecule has 0 aliphatic carbocycles. The number of furan rings is 2. The number of rotatable bonds is 7. The van der Waals surface area contributed by atoms with Crippen LogP contribution >= 0.6 is 0 Å². The topological polar surface area (TPSA) is 42.6 Å². The minimum atomic E-state index is -0.296. The van der Waals surface area contributed by atoms with E-state index >= 15 is 0 Å². The van der Waals surface area contributed by atoms with Crippen LogP contribution in [0.25, 0.3) is 132 Å². The Kier molecular flexibility index (Phi) is 14.0. The van der Waals surface area contributed by atoms with E-state index in [9.17, 15) is 0 Å². The van der Waals surface area contributed by atoms with Gasteiger partial charge in [-0.25, -0.2) is 0 Å². The van der Waals surface area contributed by atoms with Crippen LogP contribution in [0.4, 0.5) is 34.1 Å². The van der Waals surface area contributed by atoms with Gasteiger partial charge < -0.3 is 27.8 Å². The summed E-state index contributed by atoms with van der Waals surface area (Å²) >= 11 is 0. The average molecular weight is 1380 g/mol. The van der Waals surface area contributed by atoms with Gasteiger partial charge in [0.1, 0.15) is 22.3 Å². The molecule has 2 aliphatic heterocycles. The Balaban J connectivity index is 0.965. The number of anilines is 6. The van der Waals surface area contributed by atoms with Crippen molar-refractivity contribution < 1.29 is 8.83 Å². The Labute approximate surface area is 625 Å². The van der Waals surface area contributed by atoms with Gasteiger partial charge >= 0.3 is 0 Å². The summed E-state index contributed by atoms with van der Waals surface area (Å²) in [6.45, 7) is 27.6. The maximum absolute atomic E-state index is 7.10. The maximum Gasteiger partial charge on any atom is 0.252 e. The van der Waals surface area contributed by atoms with Crippen LogP contribution in [-0.2, 0) is 21.7 Å². The van der Waals surface area contributed by atoms with Crippen LogP contribution in [0.2, 0.25) is 0 Å². The van der Waals surface area contributed by atoms with Crippen molar-refractivity contribution in [3.8, 4) is 44.8 Å². The second-order valence-electron chi connectivity index (χ2n) is 34.1. The molecule has 0 saturated carbocycles. The SMILES string of the molecule is CC(C)(C)c1ccc2c(c1)c1cc(C(C)(C)C)ccc1n2-c1ccc2c(c1)N(c1c(-c3ccccc3)ccc3oc4ccccc4c13)c1cc(-c3ccccc3)cc3c1B2c1ccc(-n2c4ccc(C(C)(C)C)cc4c4cc(C(C)(C)C)ccc42)cc1N3c1c(-c2ccccc2)ccc2oc3ccccc3c12. The molecule has 0 saturated heterocycles. The van der Waals surface area contributed by atoms with E-state index < -0.39 is 0 Å². The molecule has 0 amide bonds. The lowest BCUT2D eigenvalue weighted by molar-refractivity contribution is 0.590. The number of hydrogen-bond donors (Lipinski definition) is 0. The first kappa shape index (κ1) is 64.5. The van der Waals surface area contributed by atoms with Gasteiger partial charge in [0.25, 0.3) is 6.71 Å². The lowest BCUT2D eigenvalue weighted by Gasteiger charge is -2.45. The average Bonchev–Trinajstić information content (AvgIpc) is 1.38. The van der Waals surface area contributed by atoms with Gasteiger partial charge in [-0.05, 0) is 204 Å². The minimum absolute atomic E-state index is 0.0690. The van der Waals surface area contributed by atoms with Crippen LogP contribution < -0.4 is 26.2 Å². The summed E-state index contributed by atoms with van der Waals surface area (Å²) in [5.74, 6) is 0. The van der Waals surface area contributed by atoms with Crippen molar-refractivity contribution in [3.05, 3.63) is 307 Å². The Morgan fingerprint density at radius 1 is 0.262 bits per heavy atom. The third kappa shape index (κ3) is 9.99. The second-order valence-corrected chi connectivity index (χ2v) is 34.1. The molecule has 6 nitrogen and oxygen atoms in total. The van der Waals surface area contributed by atoms with E-state index in [1.165, 1.54) is 82.3 Å². The van der Waals surface area contributed by atoms with Crippen LogP contribution in [0.5, 0.6) is 0 Å². The van der Waals surface area contributed by atoms with Crippen LogP contribution in [-0.4, -0.2) is 15.8 Å². The minimum Gasteiger partial charge on any atom is -0.456 e. The smallest absolute Gasteiger partial charge is 0.252 e. The standard InChI is InChI=1S/C100H83BN4O2/c1-97(2,3)64-36-46-80-74(54-64)75-55-65(98(4,5)6)37-47-81(75)102(80)68-40-44-78-84(58-68)104(95-70(61-28-18-14-19-29-61)42-50-90-92(95)72-32-22-24-34-88(72)106-90)86-52-63(60-26-16-13-17-27-60)53-87-94(86)101(78)79-45-41-69(103-82-48-38-66(99(7,8)9)56-76(82)77-57-67(100(10,11)12)39-49-83(77)103)59-85(79)105(87)96-71(62-30-20-15-21-31-62)43-51-91-93(96)73-33-23-25-35-89(73)107-91/h13-59H,1-12H3. The molecule has 0 fully saturated rings. The summed E-state index contributed by atoms with van der Waals surface area (Å²) in [5, 5.41) is 9.18. The van der Waals surface area contributed by atoms with Crippen LogP contribution in [0.1, 0.15) is 105 Å². The summed E-state index contributed by atoms with van der Waals surface area (Å²) in [4.78, 5) is 5.32. The van der Waals surface area contributed by atoms with Crippen LogP contribution in [0, 0.1) is 0 Å². The van der Waals surface area contributed by atoms with Crippen molar-refractivity contribution >= 4 is 145 Å². The van der Waals surface area contributed by atoms with Crippen LogP contribution in [0.3, 0.4) is 0 Å². The molecule has 7 heteroatoms. The van der Waals surface area contributed by atoms with Gasteiger partial charge in [-0.1, -0.05) is 247 Å². The highest BCUT2D eigenvalue weighted by Gasteiger charge is 2.46. The third-order valence-electron chi connectivity index (χ3n) is 23.3. The lowest BCUT2D eigenvalue weighted by Crippen LogP contribution is -2.61. The van der Waals surface area contributed by atoms with Crippen molar-refractivity contribution in [1.82, 2.24) is 9.13 Å². The second kappa shape index (κ2) is 23.2. The Hall–Kier alpha value is -12.1. The largest absolute Gasteiger partial charge is 0.456 e. The summed E-state index contributed by atoms with van der Waals surface area (Å²) in [6, 6.07) is 108. The fraction of sp³-hybridized carbons (Fsp3) is 0.160. The molecule has 518 valence electrons. The van der Waals surface area contributed by atoms with E-state index in [2.05, 4.69) is 387 Å². The van der Waals surface area contributed by atoms with E-state index in [-0.39, 0.29) is 28.4 Å². The zero-order valence-electron chi connectivity index (χ0n) is 62.8. The lowest BCUT2D eigenvalue weighted by atomic mass is 9.33. The molecule has 18 aromatic rings. The molecule has 0 spiro atoms. The van der Waals surface area contributed by atoms with Gasteiger partial charge in [0.05, 0.1) is 44.2 Å². The van der Waals surface area contributed by atoms with Crippen molar-refractivity contribution in [2.75, 3.05) is 9.80 Å². The first-order valence-corrected chi connectivity index (χ1v) is 37.9. The molecule has 6 heterocycles. The fourth-order valence-corrected chi connectivity index (χ4v) is 17.8. The van der Waals surface area contributed by atoms with Gasteiger partial charge in [0.15, 0.2) is 0 Å². The van der Waals surface area contributed by atoms with Crippen molar-refractivity contribution in [2.24, 2.45) is 0 Å². The Bertz CT molecular complexity index is 6210. The molecule has 4 aromatic heterocycles. The summed E-state index contributed by atoms with van der Waals surface area (Å²) < 4.78 is 19.3. The number of para-hydroxylation sites is 2. The van der Waals surface area contributed by atoms with Gasteiger partial charge in [0, 0.05) is 77.6 Å². The number of hydrogen-bond acceptors (Lipinski definition) is 4. The molecule has 0 atom stereocenters. The molecule has 2 aliphatic rings. The zero-order valence-corrected chi connectivity index (χ0v) is 62.8. The predicted molar refractivity (Wildman–Crippen MR) is 455 cm³/mol. The van der Waals surface area contributed by atoms with E-state index in [1.807, 2.05) is 0 Å². The summed E-state index contributed by atoms with van der Waals surface area (Å²) in [7, 11) is 0. The molecule has 0 unspecified atom stereocenters. The van der Waals surface area contributed by atoms with E-state index in [0.29, 0.717) is 0 Å². The quantitative estimate of drug-likeness (QED) is 0.149. The Morgan fingerprint density at radius 2 is 0.598 bits per heavy atom. The Morgan fingerprint density at radius 3 is 0.953 bits per heavy atom. The van der Waals surface area contributed by atoms with Gasteiger partial charge in [-0.3, -0.25) is 0 Å². The zero-order chi connectivity index (χ0) is 72.9. The van der Waals surface area contributed by atoms with Crippen LogP contribution in [0.15, 0.2) is 294 Å². The highest BCUT2D eigenvalue weighted by Crippen LogP contribution is 2.56. The molecule has 0 bridgehead atoms. The number of nitrogens with zero attached hydrogens (tertiary/aromatic N) is 4. The normalized spacial score (nSPS) is 13.4. The molecule has 20 rings (SSSR count). The van der Waals surface area contributed by atoms with E-state index in [0.717, 1.165) is 123 Å². The molecule has 0 radical (unpaired) electrons. The molecular formula is C100H83BN4O2. The van der Waals surface area contributed by atoms with Gasteiger partial charge in [-0.15, -0.1) is 0 Å². The molecule has 0 N–H and O–H groups in total. The van der Waals surface area contributed by atoms with E-state index in [4.69, 9.17) is 8.83 Å². The predicted octanol–water partition coefficient (Wildman–Crippen LogP) is 26.0. The van der Waals surface area contributed by atoms with Crippen molar-refractivity contribution in [2.45, 2.75) is 105 Å². The highest BCUT2D eigenvalue weighted by molar-refractivity contribution is 7.00. The first-order chi connectivity index (χ1) is 51.6. The number of benzene rings is 14. The molecule has 14 aromatic carbocycles. The number of aromatic nitrogens is 2. The van der Waals surface area contributed by atoms with Gasteiger partial charge in [0.2, 0.25) is 0 Å². The molecule has 107 heavy (non-hydrogen) atoms. The first-order valence-electron chi connectivity index (χ1n) is 37.9. The monoisotopic (exact) mass is 1380 g/mol. The summed E-state index contributed by atoms with van der Waals surface area (Å²) in [5.41, 5.74) is 31.7.